The van der Waals surface area contributed by atoms with Gasteiger partial charge in [0.2, 0.25) is 11.7 Å². The fraction of sp³-hybridized carbons (Fsp3) is 0.414. The van der Waals surface area contributed by atoms with Crippen LogP contribution in [0.5, 0.6) is 23.0 Å². The second-order valence-electron chi connectivity index (χ2n) is 9.59. The highest BCUT2D eigenvalue weighted by Gasteiger charge is 2.32. The molecule has 38 heavy (non-hydrogen) atoms. The molecule has 3 aromatic rings. The lowest BCUT2D eigenvalue weighted by Crippen LogP contribution is -2.47. The quantitative estimate of drug-likeness (QED) is 0.460. The molecule has 1 aromatic heterocycles. The van der Waals surface area contributed by atoms with Gasteiger partial charge in [0.1, 0.15) is 5.75 Å². The number of methoxy groups -OCH3 is 4. The summed E-state index contributed by atoms with van der Waals surface area (Å²) in [6.07, 6.45) is 1.02. The van der Waals surface area contributed by atoms with E-state index < -0.39 is 0 Å². The second-order valence-corrected chi connectivity index (χ2v) is 9.59. The molecule has 2 heterocycles. The molecule has 1 aliphatic heterocycles. The molecule has 1 unspecified atom stereocenters. The number of benzene rings is 2. The van der Waals surface area contributed by atoms with Crippen molar-refractivity contribution in [1.82, 2.24) is 9.97 Å². The topological polar surface area (TPSA) is 86.2 Å². The molecule has 5 rings (SSSR count). The van der Waals surface area contributed by atoms with Crippen LogP contribution < -0.4 is 28.7 Å². The number of aryl methyl sites for hydroxylation is 1. The van der Waals surface area contributed by atoms with Crippen LogP contribution in [0.3, 0.4) is 0 Å². The third kappa shape index (κ3) is 4.80. The number of ether oxygens (including phenoxy) is 4. The average Bonchev–Trinajstić information content (AvgIpc) is 2.95. The Morgan fingerprint density at radius 3 is 2.13 bits per heavy atom. The van der Waals surface area contributed by atoms with Gasteiger partial charge in [-0.1, -0.05) is 6.07 Å². The van der Waals surface area contributed by atoms with E-state index in [0.29, 0.717) is 41.6 Å². The molecule has 2 aromatic carbocycles. The zero-order valence-electron chi connectivity index (χ0n) is 22.6. The molecule has 2 aliphatic rings. The van der Waals surface area contributed by atoms with Gasteiger partial charge in [-0.3, -0.25) is 4.79 Å². The number of nitrogens with zero attached hydrogens (tertiary/aromatic N) is 4. The van der Waals surface area contributed by atoms with Crippen LogP contribution in [0.2, 0.25) is 0 Å². The van der Waals surface area contributed by atoms with Crippen molar-refractivity contribution in [2.45, 2.75) is 25.7 Å². The molecule has 0 saturated carbocycles. The number of Topliss-reactive ketones (excluding diaryl/α,β-unsaturated/α-hetero) is 1. The normalized spacial score (nSPS) is 17.2. The summed E-state index contributed by atoms with van der Waals surface area (Å²) in [5.41, 5.74) is 4.31. The molecule has 0 N–H and O–H groups in total. The van der Waals surface area contributed by atoms with Gasteiger partial charge in [0.25, 0.3) is 0 Å². The van der Waals surface area contributed by atoms with Crippen molar-refractivity contribution in [3.8, 4) is 23.0 Å². The lowest BCUT2D eigenvalue weighted by atomic mass is 9.81. The Balaban J connectivity index is 1.38. The molecule has 1 aliphatic carbocycles. The summed E-state index contributed by atoms with van der Waals surface area (Å²) in [7, 11) is 6.46. The number of rotatable bonds is 7. The van der Waals surface area contributed by atoms with E-state index in [2.05, 4.69) is 21.9 Å². The molecule has 9 nitrogen and oxygen atoms in total. The Hall–Kier alpha value is -4.01. The minimum atomic E-state index is -0.0456. The van der Waals surface area contributed by atoms with Crippen molar-refractivity contribution in [2.75, 3.05) is 64.4 Å². The summed E-state index contributed by atoms with van der Waals surface area (Å²) in [6, 6.07) is 12.0. The maximum absolute atomic E-state index is 13.3. The van der Waals surface area contributed by atoms with Crippen molar-refractivity contribution < 1.29 is 23.7 Å². The highest BCUT2D eigenvalue weighted by molar-refractivity contribution is 5.99. The van der Waals surface area contributed by atoms with Crippen LogP contribution in [0, 0.1) is 6.92 Å². The summed E-state index contributed by atoms with van der Waals surface area (Å²) in [6.45, 7) is 5.19. The van der Waals surface area contributed by atoms with Crippen LogP contribution in [-0.2, 0) is 6.42 Å². The molecule has 0 spiro atoms. The number of ketones is 1. The largest absolute Gasteiger partial charge is 0.497 e. The lowest BCUT2D eigenvalue weighted by Gasteiger charge is -2.36. The van der Waals surface area contributed by atoms with Crippen molar-refractivity contribution in [2.24, 2.45) is 0 Å². The number of carbonyl (C=O) groups is 1. The molecular formula is C29H34N4O5. The van der Waals surface area contributed by atoms with Gasteiger partial charge in [0, 0.05) is 44.4 Å². The summed E-state index contributed by atoms with van der Waals surface area (Å²) >= 11 is 0. The van der Waals surface area contributed by atoms with Crippen LogP contribution in [0.25, 0.3) is 0 Å². The third-order valence-corrected chi connectivity index (χ3v) is 7.44. The van der Waals surface area contributed by atoms with Gasteiger partial charge >= 0.3 is 0 Å². The lowest BCUT2D eigenvalue weighted by molar-refractivity contribution is 0.0961. The smallest absolute Gasteiger partial charge is 0.225 e. The first-order valence-electron chi connectivity index (χ1n) is 12.8. The van der Waals surface area contributed by atoms with Gasteiger partial charge in [0.05, 0.1) is 45.4 Å². The van der Waals surface area contributed by atoms with Gasteiger partial charge in [-0.05, 0) is 49.1 Å². The maximum Gasteiger partial charge on any atom is 0.225 e. The van der Waals surface area contributed by atoms with Gasteiger partial charge in [-0.2, -0.15) is 0 Å². The predicted molar refractivity (Wildman–Crippen MR) is 146 cm³/mol. The van der Waals surface area contributed by atoms with Crippen molar-refractivity contribution in [3.63, 3.8) is 0 Å². The van der Waals surface area contributed by atoms with E-state index in [1.165, 1.54) is 0 Å². The third-order valence-electron chi connectivity index (χ3n) is 7.44. The minimum absolute atomic E-state index is 0.0456. The Labute approximate surface area is 223 Å². The number of hydrogen-bond donors (Lipinski definition) is 0. The fourth-order valence-electron chi connectivity index (χ4n) is 5.44. The van der Waals surface area contributed by atoms with Gasteiger partial charge in [0.15, 0.2) is 17.3 Å². The number of fused-ring (bicyclic) bond motifs is 1. The van der Waals surface area contributed by atoms with Gasteiger partial charge in [-0.15, -0.1) is 0 Å². The average molecular weight is 519 g/mol. The molecule has 1 fully saturated rings. The SMILES string of the molecule is COc1cccc(N2CCN(c3nc(C)c4c(n3)CC(c3cc(OC)c(OC)c(OC)c3)CC4=O)CC2)c1. The molecule has 9 heteroatoms. The van der Waals surface area contributed by atoms with Crippen LogP contribution in [0.4, 0.5) is 11.6 Å². The van der Waals surface area contributed by atoms with Crippen molar-refractivity contribution in [1.29, 1.82) is 0 Å². The van der Waals surface area contributed by atoms with Crippen LogP contribution in [0.15, 0.2) is 36.4 Å². The minimum Gasteiger partial charge on any atom is -0.497 e. The molecule has 0 amide bonds. The van der Waals surface area contributed by atoms with E-state index in [1.807, 2.05) is 31.2 Å². The zero-order chi connectivity index (χ0) is 26.8. The van der Waals surface area contributed by atoms with E-state index in [1.54, 1.807) is 28.4 Å². The molecule has 1 saturated heterocycles. The molecular weight excluding hydrogens is 484 g/mol. The molecule has 1 atom stereocenters. The fourth-order valence-corrected chi connectivity index (χ4v) is 5.44. The number of carbonyl (C=O) groups excluding carboxylic acids is 1. The monoisotopic (exact) mass is 518 g/mol. The highest BCUT2D eigenvalue weighted by Crippen LogP contribution is 2.43. The Morgan fingerprint density at radius 1 is 0.816 bits per heavy atom. The molecule has 0 radical (unpaired) electrons. The number of anilines is 2. The van der Waals surface area contributed by atoms with Gasteiger partial charge < -0.3 is 28.7 Å². The summed E-state index contributed by atoms with van der Waals surface area (Å²) in [4.78, 5) is 27.5. The predicted octanol–water partition coefficient (Wildman–Crippen LogP) is 4.06. The first-order valence-corrected chi connectivity index (χ1v) is 12.8. The summed E-state index contributed by atoms with van der Waals surface area (Å²) in [5, 5.41) is 0. The van der Waals surface area contributed by atoms with E-state index in [4.69, 9.17) is 28.9 Å². The summed E-state index contributed by atoms with van der Waals surface area (Å²) in [5.74, 6) is 3.25. The van der Waals surface area contributed by atoms with Crippen LogP contribution >= 0.6 is 0 Å². The number of aromatic nitrogens is 2. The highest BCUT2D eigenvalue weighted by atomic mass is 16.5. The Kier molecular flexibility index (Phi) is 7.26. The molecule has 0 bridgehead atoms. The maximum atomic E-state index is 13.3. The Morgan fingerprint density at radius 2 is 1.50 bits per heavy atom. The zero-order valence-corrected chi connectivity index (χ0v) is 22.6. The van der Waals surface area contributed by atoms with Crippen molar-refractivity contribution in [3.05, 3.63) is 58.9 Å². The van der Waals surface area contributed by atoms with Crippen molar-refractivity contribution >= 4 is 17.4 Å². The van der Waals surface area contributed by atoms with E-state index in [9.17, 15) is 4.79 Å². The molecule has 200 valence electrons. The van der Waals surface area contributed by atoms with Crippen LogP contribution in [0.1, 0.15) is 39.6 Å². The van der Waals surface area contributed by atoms with E-state index in [0.717, 1.165) is 54.6 Å². The van der Waals surface area contributed by atoms with Gasteiger partial charge in [-0.25, -0.2) is 9.97 Å². The van der Waals surface area contributed by atoms with E-state index >= 15 is 0 Å². The standard InChI is InChI=1S/C29H34N4O5/c1-18-27-23(13-19(14-24(27)34)20-15-25(36-3)28(38-5)26(16-20)37-4)31-29(30-18)33-11-9-32(10-12-33)21-7-6-8-22(17-21)35-2/h6-8,15-17,19H,9-14H2,1-5H3. The Bertz CT molecular complexity index is 1310. The first-order chi connectivity index (χ1) is 18.4. The second kappa shape index (κ2) is 10.8. The number of hydrogen-bond acceptors (Lipinski definition) is 9. The van der Waals surface area contributed by atoms with E-state index in [-0.39, 0.29) is 11.7 Å². The summed E-state index contributed by atoms with van der Waals surface area (Å²) < 4.78 is 21.9. The van der Waals surface area contributed by atoms with Crippen LogP contribution in [-0.4, -0.2) is 70.4 Å². The number of piperazine rings is 1. The first kappa shape index (κ1) is 25.6.